The van der Waals surface area contributed by atoms with Crippen molar-refractivity contribution in [1.82, 2.24) is 4.90 Å². The lowest BCUT2D eigenvalue weighted by Gasteiger charge is -2.25. The van der Waals surface area contributed by atoms with Gasteiger partial charge in [-0.1, -0.05) is 148 Å². The first kappa shape index (κ1) is 31.1. The SMILES string of the molecule is CCCCCCCCCCCCCCCCN1C(=O)C(=O)/C(=C(/O)c2ccc(Br)cc2)C1c1ccc(C)cc1. The van der Waals surface area contributed by atoms with Gasteiger partial charge in [0.1, 0.15) is 5.76 Å². The summed E-state index contributed by atoms with van der Waals surface area (Å²) in [5.74, 6) is -1.24. The van der Waals surface area contributed by atoms with Crippen molar-refractivity contribution >= 4 is 33.4 Å². The Labute approximate surface area is 244 Å². The van der Waals surface area contributed by atoms with Crippen LogP contribution in [0.1, 0.15) is 120 Å². The summed E-state index contributed by atoms with van der Waals surface area (Å²) in [6.45, 7) is 4.79. The quantitative estimate of drug-likeness (QED) is 0.0856. The number of hydrogen-bond donors (Lipinski definition) is 1. The standard InChI is InChI=1S/C34H46BrNO3/c1-3-4-5-6-7-8-9-10-11-12-13-14-15-16-25-36-31(27-19-17-26(2)18-20-27)30(33(38)34(36)39)32(37)28-21-23-29(35)24-22-28/h17-24,31,37H,3-16,25H2,1-2H3/b32-30+. The van der Waals surface area contributed by atoms with E-state index in [9.17, 15) is 14.7 Å². The maximum atomic E-state index is 13.2. The first-order valence-electron chi connectivity index (χ1n) is 15.0. The molecule has 0 spiro atoms. The fourth-order valence-electron chi connectivity index (χ4n) is 5.45. The van der Waals surface area contributed by atoms with Gasteiger partial charge in [-0.15, -0.1) is 0 Å². The van der Waals surface area contributed by atoms with Crippen LogP contribution in [0.2, 0.25) is 0 Å². The highest BCUT2D eigenvalue weighted by Crippen LogP contribution is 2.39. The summed E-state index contributed by atoms with van der Waals surface area (Å²) in [7, 11) is 0. The lowest BCUT2D eigenvalue weighted by Crippen LogP contribution is -2.30. The number of hydrogen-bond acceptors (Lipinski definition) is 3. The Morgan fingerprint density at radius 2 is 1.23 bits per heavy atom. The monoisotopic (exact) mass is 595 g/mol. The minimum Gasteiger partial charge on any atom is -0.507 e. The minimum absolute atomic E-state index is 0.116. The molecule has 212 valence electrons. The lowest BCUT2D eigenvalue weighted by molar-refractivity contribution is -0.139. The van der Waals surface area contributed by atoms with Crippen LogP contribution in [0.15, 0.2) is 58.6 Å². The van der Waals surface area contributed by atoms with Crippen molar-refractivity contribution < 1.29 is 14.7 Å². The Bertz CT molecular complexity index is 1070. The van der Waals surface area contributed by atoms with Crippen LogP contribution in [0.3, 0.4) is 0 Å². The average molecular weight is 597 g/mol. The van der Waals surface area contributed by atoms with E-state index < -0.39 is 17.7 Å². The third-order valence-corrected chi connectivity index (χ3v) is 8.33. The summed E-state index contributed by atoms with van der Waals surface area (Å²) < 4.78 is 0.882. The zero-order valence-corrected chi connectivity index (χ0v) is 25.5. The molecule has 2 aromatic carbocycles. The summed E-state index contributed by atoms with van der Waals surface area (Å²) in [6, 6.07) is 14.5. The molecule has 1 heterocycles. The summed E-state index contributed by atoms with van der Waals surface area (Å²) >= 11 is 3.41. The summed E-state index contributed by atoms with van der Waals surface area (Å²) in [5, 5.41) is 11.2. The summed E-state index contributed by atoms with van der Waals surface area (Å²) in [6.07, 6.45) is 17.8. The predicted octanol–water partition coefficient (Wildman–Crippen LogP) is 9.66. The second-order valence-corrected chi connectivity index (χ2v) is 11.9. The molecule has 0 aromatic heterocycles. The number of rotatable bonds is 17. The number of ketones is 1. The van der Waals surface area contributed by atoms with E-state index in [0.29, 0.717) is 12.1 Å². The number of carbonyl (C=O) groups is 2. The van der Waals surface area contributed by atoms with Gasteiger partial charge in [-0.25, -0.2) is 0 Å². The smallest absolute Gasteiger partial charge is 0.295 e. The molecule has 1 fully saturated rings. The first-order valence-corrected chi connectivity index (χ1v) is 15.8. The first-order chi connectivity index (χ1) is 18.9. The van der Waals surface area contributed by atoms with Gasteiger partial charge >= 0.3 is 0 Å². The van der Waals surface area contributed by atoms with Gasteiger partial charge in [-0.2, -0.15) is 0 Å². The van der Waals surface area contributed by atoms with Gasteiger partial charge in [0.15, 0.2) is 0 Å². The largest absolute Gasteiger partial charge is 0.507 e. The van der Waals surface area contributed by atoms with Gasteiger partial charge in [-0.3, -0.25) is 9.59 Å². The molecule has 0 radical (unpaired) electrons. The molecule has 1 amide bonds. The van der Waals surface area contributed by atoms with Crippen LogP contribution < -0.4 is 0 Å². The van der Waals surface area contributed by atoms with Crippen LogP contribution in [0.4, 0.5) is 0 Å². The van der Waals surface area contributed by atoms with Crippen molar-refractivity contribution in [2.45, 2.75) is 110 Å². The molecule has 39 heavy (non-hydrogen) atoms. The number of Topliss-reactive ketones (excluding diaryl/α,β-unsaturated/α-hetero) is 1. The number of nitrogens with zero attached hydrogens (tertiary/aromatic N) is 1. The number of aliphatic hydroxyl groups excluding tert-OH is 1. The molecule has 1 N–H and O–H groups in total. The fourth-order valence-corrected chi connectivity index (χ4v) is 5.71. The second-order valence-electron chi connectivity index (χ2n) is 11.0. The molecule has 1 atom stereocenters. The Hall–Kier alpha value is -2.40. The maximum absolute atomic E-state index is 13.2. The van der Waals surface area contributed by atoms with Crippen molar-refractivity contribution in [2.75, 3.05) is 6.54 Å². The van der Waals surface area contributed by atoms with Crippen LogP contribution in [0, 0.1) is 6.92 Å². The van der Waals surface area contributed by atoms with E-state index in [1.54, 1.807) is 17.0 Å². The molecule has 4 nitrogen and oxygen atoms in total. The molecule has 5 heteroatoms. The molecule has 1 aliphatic heterocycles. The molecule has 1 aliphatic rings. The van der Waals surface area contributed by atoms with Crippen LogP contribution in [0.5, 0.6) is 0 Å². The molecule has 1 unspecified atom stereocenters. The van der Waals surface area contributed by atoms with E-state index in [1.807, 2.05) is 43.3 Å². The minimum atomic E-state index is -0.605. The van der Waals surface area contributed by atoms with Gasteiger partial charge in [0.2, 0.25) is 0 Å². The van der Waals surface area contributed by atoms with Crippen molar-refractivity contribution in [3.63, 3.8) is 0 Å². The number of aliphatic hydroxyl groups is 1. The van der Waals surface area contributed by atoms with Crippen LogP contribution in [-0.2, 0) is 9.59 Å². The van der Waals surface area contributed by atoms with Crippen LogP contribution in [-0.4, -0.2) is 28.2 Å². The Balaban J connectivity index is 1.52. The van der Waals surface area contributed by atoms with E-state index in [1.165, 1.54) is 70.6 Å². The van der Waals surface area contributed by atoms with E-state index in [0.717, 1.165) is 34.9 Å². The number of halogens is 1. The number of carbonyl (C=O) groups excluding carboxylic acids is 2. The average Bonchev–Trinajstić information content (AvgIpc) is 3.18. The Kier molecular flexibility index (Phi) is 13.3. The molecule has 0 bridgehead atoms. The van der Waals surface area contributed by atoms with Gasteiger partial charge in [0.25, 0.3) is 11.7 Å². The molecule has 0 aliphatic carbocycles. The van der Waals surface area contributed by atoms with Crippen molar-refractivity contribution in [2.24, 2.45) is 0 Å². The van der Waals surface area contributed by atoms with Crippen molar-refractivity contribution in [3.8, 4) is 0 Å². The zero-order valence-electron chi connectivity index (χ0n) is 23.9. The number of benzene rings is 2. The molecular weight excluding hydrogens is 550 g/mol. The summed E-state index contributed by atoms with van der Waals surface area (Å²) in [5.41, 5.74) is 2.67. The highest BCUT2D eigenvalue weighted by atomic mass is 79.9. The lowest BCUT2D eigenvalue weighted by atomic mass is 9.94. The van der Waals surface area contributed by atoms with E-state index >= 15 is 0 Å². The third kappa shape index (κ3) is 9.34. The molecular formula is C34H46BrNO3. The number of likely N-dealkylation sites (tertiary alicyclic amines) is 1. The number of unbranched alkanes of at least 4 members (excludes halogenated alkanes) is 13. The van der Waals surface area contributed by atoms with Crippen molar-refractivity contribution in [1.29, 1.82) is 0 Å². The molecule has 2 aromatic rings. The van der Waals surface area contributed by atoms with Crippen LogP contribution >= 0.6 is 15.9 Å². The zero-order chi connectivity index (χ0) is 28.0. The predicted molar refractivity (Wildman–Crippen MR) is 165 cm³/mol. The topological polar surface area (TPSA) is 57.6 Å². The number of aryl methyl sites for hydroxylation is 1. The van der Waals surface area contributed by atoms with Crippen LogP contribution in [0.25, 0.3) is 5.76 Å². The second kappa shape index (κ2) is 16.6. The van der Waals surface area contributed by atoms with Gasteiger partial charge in [-0.05, 0) is 31.0 Å². The number of amides is 1. The highest BCUT2D eigenvalue weighted by Gasteiger charge is 2.45. The van der Waals surface area contributed by atoms with Gasteiger partial charge < -0.3 is 10.0 Å². The van der Waals surface area contributed by atoms with Gasteiger partial charge in [0, 0.05) is 16.6 Å². The maximum Gasteiger partial charge on any atom is 0.295 e. The van der Waals surface area contributed by atoms with Crippen molar-refractivity contribution in [3.05, 3.63) is 75.3 Å². The fraction of sp³-hybridized carbons (Fsp3) is 0.529. The third-order valence-electron chi connectivity index (χ3n) is 7.80. The van der Waals surface area contributed by atoms with E-state index in [2.05, 4.69) is 22.9 Å². The Morgan fingerprint density at radius 1 is 0.744 bits per heavy atom. The molecule has 3 rings (SSSR count). The molecule has 1 saturated heterocycles. The Morgan fingerprint density at radius 3 is 1.74 bits per heavy atom. The van der Waals surface area contributed by atoms with Gasteiger partial charge in [0.05, 0.1) is 11.6 Å². The summed E-state index contributed by atoms with van der Waals surface area (Å²) in [4.78, 5) is 28.0. The molecule has 0 saturated carbocycles. The highest BCUT2D eigenvalue weighted by molar-refractivity contribution is 9.10. The van der Waals surface area contributed by atoms with E-state index in [-0.39, 0.29) is 11.3 Å². The van der Waals surface area contributed by atoms with E-state index in [4.69, 9.17) is 0 Å². The normalized spacial score (nSPS) is 16.8.